The van der Waals surface area contributed by atoms with E-state index in [0.29, 0.717) is 6.42 Å². The van der Waals surface area contributed by atoms with Gasteiger partial charge in [0, 0.05) is 13.3 Å². The molecule has 0 spiro atoms. The Morgan fingerprint density at radius 3 is 1.59 bits per heavy atom. The molecule has 0 aromatic rings. The Bertz CT molecular complexity index is 646. The number of rotatable bonds is 28. The quantitative estimate of drug-likeness (QED) is 0.0570. The van der Waals surface area contributed by atoms with Gasteiger partial charge < -0.3 is 24.6 Å². The molecule has 1 unspecified atom stereocenters. The highest BCUT2D eigenvalue weighted by molar-refractivity contribution is 7.47. The lowest BCUT2D eigenvalue weighted by molar-refractivity contribution is -0.159. The molecule has 0 aromatic carbocycles. The summed E-state index contributed by atoms with van der Waals surface area (Å²) in [6.45, 7) is 1.28. The summed E-state index contributed by atoms with van der Waals surface area (Å²) in [5.41, 5.74) is 0. The number of aliphatic hydroxyl groups is 2. The van der Waals surface area contributed by atoms with E-state index in [9.17, 15) is 24.2 Å². The number of hydrogen-bond acceptors (Lipinski definition) is 9. The van der Waals surface area contributed by atoms with Crippen LogP contribution in [-0.2, 0) is 32.7 Å². The van der Waals surface area contributed by atoms with E-state index < -0.39 is 51.8 Å². The molecule has 10 nitrogen and oxygen atoms in total. The van der Waals surface area contributed by atoms with Gasteiger partial charge in [-0.2, -0.15) is 0 Å². The van der Waals surface area contributed by atoms with Gasteiger partial charge in [-0.05, 0) is 6.42 Å². The van der Waals surface area contributed by atoms with Gasteiger partial charge in [-0.3, -0.25) is 18.6 Å². The molecule has 0 rings (SSSR count). The van der Waals surface area contributed by atoms with Crippen molar-refractivity contribution in [3.8, 4) is 0 Å². The van der Waals surface area contributed by atoms with Crippen molar-refractivity contribution < 1.29 is 47.8 Å². The number of carbonyl (C=O) groups excluding carboxylic acids is 2. The Morgan fingerprint density at radius 1 is 0.718 bits per heavy atom. The van der Waals surface area contributed by atoms with Gasteiger partial charge in [0.05, 0.1) is 19.8 Å². The lowest BCUT2D eigenvalue weighted by Crippen LogP contribution is -2.29. The highest BCUT2D eigenvalue weighted by atomic mass is 31.2. The molecule has 0 aliphatic carbocycles. The maximum atomic E-state index is 12.0. The third kappa shape index (κ3) is 26.9. The molecule has 39 heavy (non-hydrogen) atoms. The van der Waals surface area contributed by atoms with Crippen molar-refractivity contribution >= 4 is 19.8 Å². The maximum absolute atomic E-state index is 12.0. The van der Waals surface area contributed by atoms with E-state index in [4.69, 9.17) is 19.1 Å². The van der Waals surface area contributed by atoms with Gasteiger partial charge in [0.1, 0.15) is 12.7 Å². The highest BCUT2D eigenvalue weighted by Gasteiger charge is 2.26. The molecule has 232 valence electrons. The topological polar surface area (TPSA) is 149 Å². The van der Waals surface area contributed by atoms with E-state index in [1.807, 2.05) is 0 Å². The van der Waals surface area contributed by atoms with Crippen molar-refractivity contribution in [1.29, 1.82) is 0 Å². The van der Waals surface area contributed by atoms with Crippen LogP contribution in [0.25, 0.3) is 0 Å². The van der Waals surface area contributed by atoms with Gasteiger partial charge in [0.2, 0.25) is 0 Å². The molecule has 0 aliphatic rings. The van der Waals surface area contributed by atoms with Gasteiger partial charge in [-0.25, -0.2) is 4.57 Å². The minimum absolute atomic E-state index is 0.243. The molecule has 0 amide bonds. The molecule has 0 bridgehead atoms. The Kier molecular flexibility index (Phi) is 25.2. The number of carbonyl (C=O) groups is 2. The Morgan fingerprint density at radius 2 is 1.15 bits per heavy atom. The number of esters is 2. The molecule has 3 atom stereocenters. The molecule has 0 saturated carbocycles. The average molecular weight is 583 g/mol. The molecule has 0 aromatic heterocycles. The second kappa shape index (κ2) is 25.9. The lowest BCUT2D eigenvalue weighted by Gasteiger charge is -2.19. The molecular formula is C28H55O10P. The standard InChI is InChI=1S/C28H55O10P/c1-3-4-5-6-7-8-9-10-11-12-13-14-15-16-17-18-19-20-28(32)35-23-27(38-25(2)30)24-37-39(33,34)36-22-26(31)21-29/h26-27,29,31H,3-24H2,1-2H3,(H,33,34)/t26-,27+/m0/s1. The second-order valence-electron chi connectivity index (χ2n) is 10.2. The predicted octanol–water partition coefficient (Wildman–Crippen LogP) is 5.99. The fourth-order valence-electron chi connectivity index (χ4n) is 4.05. The Labute approximate surface area is 235 Å². The summed E-state index contributed by atoms with van der Waals surface area (Å²) in [6.07, 6.45) is 19.2. The van der Waals surface area contributed by atoms with Gasteiger partial charge in [0.25, 0.3) is 0 Å². The van der Waals surface area contributed by atoms with E-state index in [2.05, 4.69) is 11.4 Å². The molecule has 0 radical (unpaired) electrons. The summed E-state index contributed by atoms with van der Waals surface area (Å²) < 4.78 is 31.2. The Hall–Kier alpha value is -1.03. The van der Waals surface area contributed by atoms with Crippen LogP contribution in [0.1, 0.15) is 129 Å². The summed E-state index contributed by atoms with van der Waals surface area (Å²) in [4.78, 5) is 32.9. The summed E-state index contributed by atoms with van der Waals surface area (Å²) >= 11 is 0. The Balaban J connectivity index is 3.77. The van der Waals surface area contributed by atoms with Crippen LogP contribution in [0.2, 0.25) is 0 Å². The average Bonchev–Trinajstić information content (AvgIpc) is 2.90. The predicted molar refractivity (Wildman–Crippen MR) is 150 cm³/mol. The molecule has 3 N–H and O–H groups in total. The minimum atomic E-state index is -4.56. The zero-order valence-corrected chi connectivity index (χ0v) is 25.3. The van der Waals surface area contributed by atoms with Gasteiger partial charge in [0.15, 0.2) is 6.10 Å². The number of unbranched alkanes of at least 4 members (excludes halogenated alkanes) is 16. The zero-order chi connectivity index (χ0) is 29.2. The van der Waals surface area contributed by atoms with Crippen molar-refractivity contribution in [2.75, 3.05) is 26.4 Å². The van der Waals surface area contributed by atoms with Crippen LogP contribution in [0.15, 0.2) is 0 Å². The summed E-state index contributed by atoms with van der Waals surface area (Å²) in [7, 11) is -4.56. The number of ether oxygens (including phenoxy) is 2. The number of phosphoric ester groups is 1. The van der Waals surface area contributed by atoms with Gasteiger partial charge in [-0.15, -0.1) is 0 Å². The fourth-order valence-corrected chi connectivity index (χ4v) is 4.84. The largest absolute Gasteiger partial charge is 0.472 e. The van der Waals surface area contributed by atoms with Crippen LogP contribution < -0.4 is 0 Å². The van der Waals surface area contributed by atoms with E-state index in [-0.39, 0.29) is 13.0 Å². The second-order valence-corrected chi connectivity index (χ2v) is 11.7. The summed E-state index contributed by atoms with van der Waals surface area (Å²) in [5, 5.41) is 17.9. The first-order chi connectivity index (χ1) is 18.7. The SMILES string of the molecule is CCCCCCCCCCCCCCCCCCCC(=O)OC[C@H](COP(=O)(O)OC[C@@H](O)CO)OC(C)=O. The number of aliphatic hydroxyl groups excluding tert-OH is 2. The van der Waals surface area contributed by atoms with Crippen LogP contribution in [0, 0.1) is 0 Å². The smallest absolute Gasteiger partial charge is 0.462 e. The van der Waals surface area contributed by atoms with Crippen LogP contribution in [0.3, 0.4) is 0 Å². The monoisotopic (exact) mass is 582 g/mol. The van der Waals surface area contributed by atoms with Crippen LogP contribution in [-0.4, -0.2) is 65.7 Å². The first kappa shape index (κ1) is 38.0. The van der Waals surface area contributed by atoms with Crippen LogP contribution >= 0.6 is 7.82 Å². The molecule has 0 fully saturated rings. The third-order valence-electron chi connectivity index (χ3n) is 6.31. The molecule has 11 heteroatoms. The van der Waals surface area contributed by atoms with E-state index in [0.717, 1.165) is 26.2 Å². The number of phosphoric acid groups is 1. The lowest BCUT2D eigenvalue weighted by atomic mass is 10.0. The van der Waals surface area contributed by atoms with Crippen LogP contribution in [0.5, 0.6) is 0 Å². The van der Waals surface area contributed by atoms with Crippen molar-refractivity contribution in [3.05, 3.63) is 0 Å². The zero-order valence-electron chi connectivity index (χ0n) is 24.4. The van der Waals surface area contributed by atoms with Crippen LogP contribution in [0.4, 0.5) is 0 Å². The normalized spacial score (nSPS) is 14.5. The maximum Gasteiger partial charge on any atom is 0.472 e. The highest BCUT2D eigenvalue weighted by Crippen LogP contribution is 2.43. The number of hydrogen-bond donors (Lipinski definition) is 3. The summed E-state index contributed by atoms with van der Waals surface area (Å²) in [5.74, 6) is -1.11. The van der Waals surface area contributed by atoms with Crippen molar-refractivity contribution in [3.63, 3.8) is 0 Å². The molecule has 0 aliphatic heterocycles. The van der Waals surface area contributed by atoms with Gasteiger partial charge >= 0.3 is 19.8 Å². The third-order valence-corrected chi connectivity index (χ3v) is 7.26. The van der Waals surface area contributed by atoms with Crippen molar-refractivity contribution in [2.24, 2.45) is 0 Å². The fraction of sp³-hybridized carbons (Fsp3) is 0.929. The molecule has 0 saturated heterocycles. The van der Waals surface area contributed by atoms with E-state index in [1.54, 1.807) is 0 Å². The first-order valence-electron chi connectivity index (χ1n) is 14.9. The van der Waals surface area contributed by atoms with Crippen molar-refractivity contribution in [2.45, 2.75) is 142 Å². The minimum Gasteiger partial charge on any atom is -0.462 e. The van der Waals surface area contributed by atoms with Crippen molar-refractivity contribution in [1.82, 2.24) is 0 Å². The van der Waals surface area contributed by atoms with E-state index in [1.165, 1.54) is 83.5 Å². The van der Waals surface area contributed by atoms with E-state index >= 15 is 0 Å². The first-order valence-corrected chi connectivity index (χ1v) is 16.4. The summed E-state index contributed by atoms with van der Waals surface area (Å²) in [6, 6.07) is 0. The molecular weight excluding hydrogens is 527 g/mol. The molecule has 0 heterocycles. The van der Waals surface area contributed by atoms with Gasteiger partial charge in [-0.1, -0.05) is 110 Å².